The lowest BCUT2D eigenvalue weighted by Crippen LogP contribution is -2.08. The van der Waals surface area contributed by atoms with E-state index in [9.17, 15) is 18.0 Å². The van der Waals surface area contributed by atoms with E-state index in [1.807, 2.05) is 19.9 Å². The van der Waals surface area contributed by atoms with Crippen LogP contribution in [0.5, 0.6) is 0 Å². The zero-order valence-corrected chi connectivity index (χ0v) is 16.9. The van der Waals surface area contributed by atoms with Crippen LogP contribution >= 0.6 is 0 Å². The van der Waals surface area contributed by atoms with Crippen molar-refractivity contribution in [1.29, 1.82) is 0 Å². The van der Waals surface area contributed by atoms with E-state index in [4.69, 9.17) is 9.26 Å². The maximum absolute atomic E-state index is 12.7. The number of alkyl halides is 3. The first-order valence-corrected chi connectivity index (χ1v) is 9.38. The predicted molar refractivity (Wildman–Crippen MR) is 105 cm³/mol. The summed E-state index contributed by atoms with van der Waals surface area (Å²) in [4.78, 5) is 20.5. The Morgan fingerprint density at radius 1 is 1.12 bits per heavy atom. The monoisotopic (exact) mass is 443 g/mol. The standard InChI is InChI=1S/C21H16F3N5O3/c1-12-9-13(2)29(27-12)17-8-5-15(10-25-17)20(30)31-11-18-26-19(28-32-18)14-3-6-16(7-4-14)21(22,23)24/h3-10H,11H2,1-2H3. The van der Waals surface area contributed by atoms with Gasteiger partial charge in [-0.05, 0) is 44.2 Å². The summed E-state index contributed by atoms with van der Waals surface area (Å²) in [6.45, 7) is 3.47. The van der Waals surface area contributed by atoms with Gasteiger partial charge >= 0.3 is 12.1 Å². The SMILES string of the molecule is Cc1cc(C)n(-c2ccc(C(=O)OCc3nc(-c4ccc(C(F)(F)F)cc4)no3)cn2)n1. The molecule has 0 fully saturated rings. The van der Waals surface area contributed by atoms with Crippen molar-refractivity contribution in [2.75, 3.05) is 0 Å². The van der Waals surface area contributed by atoms with Crippen LogP contribution in [-0.2, 0) is 17.5 Å². The quantitative estimate of drug-likeness (QED) is 0.424. The Labute approximate surface area is 179 Å². The molecule has 32 heavy (non-hydrogen) atoms. The van der Waals surface area contributed by atoms with Crippen LogP contribution in [0.15, 0.2) is 53.2 Å². The number of nitrogens with zero attached hydrogens (tertiary/aromatic N) is 5. The molecule has 0 saturated heterocycles. The zero-order chi connectivity index (χ0) is 22.9. The van der Waals surface area contributed by atoms with Gasteiger partial charge in [0, 0.05) is 17.5 Å². The summed E-state index contributed by atoms with van der Waals surface area (Å²) in [6, 6.07) is 9.43. The number of aromatic nitrogens is 5. The van der Waals surface area contributed by atoms with Crippen LogP contribution in [0.1, 0.15) is 33.2 Å². The van der Waals surface area contributed by atoms with Gasteiger partial charge in [0.2, 0.25) is 5.82 Å². The van der Waals surface area contributed by atoms with Crippen molar-refractivity contribution in [1.82, 2.24) is 24.9 Å². The molecular formula is C21H16F3N5O3. The summed E-state index contributed by atoms with van der Waals surface area (Å²) >= 11 is 0. The topological polar surface area (TPSA) is 95.9 Å². The maximum Gasteiger partial charge on any atom is 0.416 e. The van der Waals surface area contributed by atoms with Crippen molar-refractivity contribution >= 4 is 5.97 Å². The molecule has 0 aliphatic carbocycles. The van der Waals surface area contributed by atoms with Gasteiger partial charge in [-0.15, -0.1) is 0 Å². The minimum atomic E-state index is -4.43. The second-order valence-electron chi connectivity index (χ2n) is 6.91. The average Bonchev–Trinajstić information content (AvgIpc) is 3.37. The number of pyridine rings is 1. The third-order valence-corrected chi connectivity index (χ3v) is 4.48. The second kappa shape index (κ2) is 8.25. The first-order chi connectivity index (χ1) is 15.2. The van der Waals surface area contributed by atoms with Gasteiger partial charge in [-0.2, -0.15) is 23.3 Å². The number of ether oxygens (including phenoxy) is 1. The largest absolute Gasteiger partial charge is 0.452 e. The van der Waals surface area contributed by atoms with Crippen molar-refractivity contribution in [2.45, 2.75) is 26.6 Å². The minimum absolute atomic E-state index is 0.000434. The lowest BCUT2D eigenvalue weighted by molar-refractivity contribution is -0.137. The molecule has 0 spiro atoms. The molecule has 0 radical (unpaired) electrons. The molecule has 0 unspecified atom stereocenters. The molecule has 3 heterocycles. The zero-order valence-electron chi connectivity index (χ0n) is 16.9. The number of esters is 1. The smallest absolute Gasteiger partial charge is 0.416 e. The van der Waals surface area contributed by atoms with Gasteiger partial charge in [0.1, 0.15) is 0 Å². The lowest BCUT2D eigenvalue weighted by Gasteiger charge is -2.05. The molecule has 0 aliphatic rings. The van der Waals surface area contributed by atoms with Crippen molar-refractivity contribution in [3.05, 3.63) is 77.1 Å². The summed E-state index contributed by atoms with van der Waals surface area (Å²) in [5, 5.41) is 8.03. The van der Waals surface area contributed by atoms with E-state index in [1.54, 1.807) is 16.8 Å². The Hall–Kier alpha value is -4.02. The first kappa shape index (κ1) is 21.2. The van der Waals surface area contributed by atoms with Gasteiger partial charge in [0.25, 0.3) is 5.89 Å². The Morgan fingerprint density at radius 2 is 1.88 bits per heavy atom. The van der Waals surface area contributed by atoms with Crippen LogP contribution < -0.4 is 0 Å². The molecule has 0 N–H and O–H groups in total. The molecular weight excluding hydrogens is 427 g/mol. The lowest BCUT2D eigenvalue weighted by atomic mass is 10.1. The number of carbonyl (C=O) groups excluding carboxylic acids is 1. The molecule has 3 aromatic heterocycles. The molecule has 11 heteroatoms. The van der Waals surface area contributed by atoms with E-state index in [1.165, 1.54) is 18.3 Å². The summed E-state index contributed by atoms with van der Waals surface area (Å²) in [6.07, 6.45) is -3.06. The average molecular weight is 443 g/mol. The van der Waals surface area contributed by atoms with Crippen LogP contribution in [0.3, 0.4) is 0 Å². The molecule has 0 saturated carbocycles. The van der Waals surface area contributed by atoms with Crippen LogP contribution in [0.2, 0.25) is 0 Å². The number of halogens is 3. The van der Waals surface area contributed by atoms with Crippen molar-refractivity contribution in [3.8, 4) is 17.2 Å². The summed E-state index contributed by atoms with van der Waals surface area (Å²) in [5.41, 5.74) is 1.53. The van der Waals surface area contributed by atoms with Crippen LogP contribution in [0, 0.1) is 13.8 Å². The fraction of sp³-hybridized carbons (Fsp3) is 0.190. The van der Waals surface area contributed by atoms with E-state index >= 15 is 0 Å². The van der Waals surface area contributed by atoms with E-state index < -0.39 is 17.7 Å². The van der Waals surface area contributed by atoms with Gasteiger partial charge in [0.15, 0.2) is 12.4 Å². The number of aryl methyl sites for hydroxylation is 2. The molecule has 0 aliphatic heterocycles. The molecule has 8 nitrogen and oxygen atoms in total. The van der Waals surface area contributed by atoms with Crippen LogP contribution in [-0.4, -0.2) is 30.9 Å². The third-order valence-electron chi connectivity index (χ3n) is 4.48. The molecule has 0 bridgehead atoms. The van der Waals surface area contributed by atoms with Crippen LogP contribution in [0.25, 0.3) is 17.2 Å². The summed E-state index contributed by atoms with van der Waals surface area (Å²) in [7, 11) is 0. The summed E-state index contributed by atoms with van der Waals surface area (Å²) < 4.78 is 49.8. The number of carbonyl (C=O) groups is 1. The van der Waals surface area contributed by atoms with Gasteiger partial charge < -0.3 is 9.26 Å². The van der Waals surface area contributed by atoms with E-state index in [-0.39, 0.29) is 23.9 Å². The van der Waals surface area contributed by atoms with Gasteiger partial charge in [-0.3, -0.25) is 0 Å². The number of benzene rings is 1. The second-order valence-corrected chi connectivity index (χ2v) is 6.91. The Bertz CT molecular complexity index is 1250. The highest BCUT2D eigenvalue weighted by Gasteiger charge is 2.30. The fourth-order valence-corrected chi connectivity index (χ4v) is 2.94. The Morgan fingerprint density at radius 3 is 2.47 bits per heavy atom. The first-order valence-electron chi connectivity index (χ1n) is 9.38. The van der Waals surface area contributed by atoms with E-state index in [2.05, 4.69) is 20.2 Å². The highest BCUT2D eigenvalue weighted by molar-refractivity contribution is 5.89. The number of rotatable bonds is 5. The predicted octanol–water partition coefficient (Wildman–Crippen LogP) is 4.31. The Balaban J connectivity index is 1.38. The van der Waals surface area contributed by atoms with E-state index in [0.29, 0.717) is 11.4 Å². The molecule has 4 aromatic rings. The van der Waals surface area contributed by atoms with Gasteiger partial charge in [-0.1, -0.05) is 17.3 Å². The normalized spacial score (nSPS) is 11.5. The summed E-state index contributed by atoms with van der Waals surface area (Å²) in [5.74, 6) is -0.00178. The fourth-order valence-electron chi connectivity index (χ4n) is 2.94. The van der Waals surface area contributed by atoms with Gasteiger partial charge in [0.05, 0.1) is 16.8 Å². The maximum atomic E-state index is 12.7. The van der Waals surface area contributed by atoms with E-state index in [0.717, 1.165) is 23.5 Å². The number of hydrogen-bond acceptors (Lipinski definition) is 7. The Kier molecular flexibility index (Phi) is 5.47. The van der Waals surface area contributed by atoms with Crippen molar-refractivity contribution < 1.29 is 27.2 Å². The highest BCUT2D eigenvalue weighted by atomic mass is 19.4. The van der Waals surface area contributed by atoms with Gasteiger partial charge in [-0.25, -0.2) is 14.5 Å². The van der Waals surface area contributed by atoms with Crippen LogP contribution in [0.4, 0.5) is 13.2 Å². The highest BCUT2D eigenvalue weighted by Crippen LogP contribution is 2.30. The molecule has 1 aromatic carbocycles. The van der Waals surface area contributed by atoms with Crippen molar-refractivity contribution in [2.24, 2.45) is 0 Å². The molecule has 0 atom stereocenters. The molecule has 164 valence electrons. The number of hydrogen-bond donors (Lipinski definition) is 0. The van der Waals surface area contributed by atoms with Crippen molar-refractivity contribution in [3.63, 3.8) is 0 Å². The molecule has 4 rings (SSSR count). The molecule has 0 amide bonds. The minimum Gasteiger partial charge on any atom is -0.452 e. The third kappa shape index (κ3) is 4.51.